The number of nitrogens with one attached hydrogen (secondary N) is 1. The largest absolute Gasteiger partial charge is 0.454 e. The molecule has 2 aromatic rings. The number of benzene rings is 1. The number of anilines is 1. The summed E-state index contributed by atoms with van der Waals surface area (Å²) in [5, 5.41) is 2.89. The van der Waals surface area contributed by atoms with E-state index in [0.717, 1.165) is 11.3 Å². The average molecular weight is 289 g/mol. The van der Waals surface area contributed by atoms with Crippen molar-refractivity contribution in [2.24, 2.45) is 0 Å². The Kier molecular flexibility index (Phi) is 3.36. The molecule has 0 spiro atoms. The summed E-state index contributed by atoms with van der Waals surface area (Å²) in [6, 6.07) is 7.35. The van der Waals surface area contributed by atoms with Gasteiger partial charge < -0.3 is 14.8 Å². The Morgan fingerprint density at radius 1 is 1.30 bits per heavy atom. The monoisotopic (exact) mass is 289 g/mol. The van der Waals surface area contributed by atoms with E-state index in [1.165, 1.54) is 21.8 Å². The Labute approximate surface area is 121 Å². The van der Waals surface area contributed by atoms with Crippen LogP contribution in [0.3, 0.4) is 0 Å². The minimum atomic E-state index is -0.0864. The molecule has 3 rings (SSSR count). The van der Waals surface area contributed by atoms with Crippen LogP contribution in [0.1, 0.15) is 27.0 Å². The van der Waals surface area contributed by atoms with Gasteiger partial charge in [-0.3, -0.25) is 4.79 Å². The standard InChI is InChI=1S/C15H15NO3S/c1-3-10-6-14(20-9(10)2)15(17)16-11-4-5-12-13(7-11)19-8-18-12/h4-7H,3,8H2,1-2H3,(H,16,17). The van der Waals surface area contributed by atoms with E-state index < -0.39 is 0 Å². The number of rotatable bonds is 3. The molecule has 1 amide bonds. The lowest BCUT2D eigenvalue weighted by molar-refractivity contribution is 0.103. The molecule has 20 heavy (non-hydrogen) atoms. The minimum absolute atomic E-state index is 0.0864. The first-order valence-electron chi connectivity index (χ1n) is 6.47. The fraction of sp³-hybridized carbons (Fsp3) is 0.267. The zero-order chi connectivity index (χ0) is 14.1. The van der Waals surface area contributed by atoms with Crippen molar-refractivity contribution in [1.82, 2.24) is 0 Å². The third-order valence-electron chi connectivity index (χ3n) is 3.26. The van der Waals surface area contributed by atoms with Gasteiger partial charge in [-0.15, -0.1) is 11.3 Å². The number of amides is 1. The van der Waals surface area contributed by atoms with Gasteiger partial charge in [0, 0.05) is 16.6 Å². The summed E-state index contributed by atoms with van der Waals surface area (Å²) in [6.07, 6.45) is 0.944. The number of aryl methyl sites for hydroxylation is 2. The van der Waals surface area contributed by atoms with Gasteiger partial charge in [-0.25, -0.2) is 0 Å². The van der Waals surface area contributed by atoms with Crippen LogP contribution in [0.2, 0.25) is 0 Å². The van der Waals surface area contributed by atoms with Crippen LogP contribution >= 0.6 is 11.3 Å². The minimum Gasteiger partial charge on any atom is -0.454 e. The van der Waals surface area contributed by atoms with Crippen LogP contribution in [0.15, 0.2) is 24.3 Å². The predicted molar refractivity (Wildman–Crippen MR) is 79.0 cm³/mol. The van der Waals surface area contributed by atoms with Gasteiger partial charge in [-0.2, -0.15) is 0 Å². The quantitative estimate of drug-likeness (QED) is 0.939. The molecule has 4 nitrogen and oxygen atoms in total. The van der Waals surface area contributed by atoms with E-state index in [0.29, 0.717) is 17.2 Å². The first-order chi connectivity index (χ1) is 9.67. The van der Waals surface area contributed by atoms with Crippen LogP contribution < -0.4 is 14.8 Å². The summed E-state index contributed by atoms with van der Waals surface area (Å²) in [4.78, 5) is 14.2. The zero-order valence-electron chi connectivity index (χ0n) is 11.4. The van der Waals surface area contributed by atoms with E-state index in [4.69, 9.17) is 9.47 Å². The van der Waals surface area contributed by atoms with E-state index in [-0.39, 0.29) is 12.7 Å². The van der Waals surface area contributed by atoms with Gasteiger partial charge in [0.1, 0.15) is 0 Å². The van der Waals surface area contributed by atoms with E-state index in [1.54, 1.807) is 12.1 Å². The van der Waals surface area contributed by atoms with Crippen LogP contribution in [-0.4, -0.2) is 12.7 Å². The average Bonchev–Trinajstić information content (AvgIpc) is 3.04. The van der Waals surface area contributed by atoms with Crippen LogP contribution in [0.25, 0.3) is 0 Å². The highest BCUT2D eigenvalue weighted by atomic mass is 32.1. The second-order valence-corrected chi connectivity index (χ2v) is 5.82. The van der Waals surface area contributed by atoms with Crippen molar-refractivity contribution in [1.29, 1.82) is 0 Å². The fourth-order valence-corrected chi connectivity index (χ4v) is 3.16. The highest BCUT2D eigenvalue weighted by Gasteiger charge is 2.16. The second kappa shape index (κ2) is 5.17. The molecule has 1 aliphatic rings. The summed E-state index contributed by atoms with van der Waals surface area (Å²) in [5.74, 6) is 1.29. The molecule has 1 N–H and O–H groups in total. The Bertz CT molecular complexity index is 663. The Balaban J connectivity index is 1.78. The molecule has 0 unspecified atom stereocenters. The van der Waals surface area contributed by atoms with Gasteiger partial charge in [-0.1, -0.05) is 6.92 Å². The molecular formula is C15H15NO3S. The smallest absolute Gasteiger partial charge is 0.265 e. The Morgan fingerprint density at radius 2 is 2.10 bits per heavy atom. The van der Waals surface area contributed by atoms with Crippen LogP contribution in [-0.2, 0) is 6.42 Å². The maximum atomic E-state index is 12.2. The SMILES string of the molecule is CCc1cc(C(=O)Nc2ccc3c(c2)OCO3)sc1C. The molecule has 0 saturated heterocycles. The van der Waals surface area contributed by atoms with Crippen molar-refractivity contribution < 1.29 is 14.3 Å². The van der Waals surface area contributed by atoms with E-state index in [9.17, 15) is 4.79 Å². The lowest BCUT2D eigenvalue weighted by atomic mass is 10.2. The topological polar surface area (TPSA) is 47.6 Å². The first kappa shape index (κ1) is 13.0. The van der Waals surface area contributed by atoms with Crippen LogP contribution in [0, 0.1) is 6.92 Å². The number of carbonyl (C=O) groups is 1. The Hall–Kier alpha value is -2.01. The highest BCUT2D eigenvalue weighted by molar-refractivity contribution is 7.14. The molecule has 0 bridgehead atoms. The van der Waals surface area contributed by atoms with Crippen molar-refractivity contribution in [2.75, 3.05) is 12.1 Å². The molecule has 0 aliphatic carbocycles. The lowest BCUT2D eigenvalue weighted by Gasteiger charge is -2.04. The maximum Gasteiger partial charge on any atom is 0.265 e. The molecule has 5 heteroatoms. The van der Waals surface area contributed by atoms with Gasteiger partial charge in [0.25, 0.3) is 5.91 Å². The number of ether oxygens (including phenoxy) is 2. The molecule has 2 heterocycles. The molecular weight excluding hydrogens is 274 g/mol. The van der Waals surface area contributed by atoms with E-state index in [2.05, 4.69) is 12.2 Å². The predicted octanol–water partition coefficient (Wildman–Crippen LogP) is 3.60. The van der Waals surface area contributed by atoms with Gasteiger partial charge in [0.05, 0.1) is 4.88 Å². The van der Waals surface area contributed by atoms with Gasteiger partial charge >= 0.3 is 0 Å². The summed E-state index contributed by atoms with van der Waals surface area (Å²) in [5.41, 5.74) is 1.94. The molecule has 0 saturated carbocycles. The number of fused-ring (bicyclic) bond motifs is 1. The molecule has 0 radical (unpaired) electrons. The van der Waals surface area contributed by atoms with Crippen molar-refractivity contribution in [2.45, 2.75) is 20.3 Å². The maximum absolute atomic E-state index is 12.2. The molecule has 0 atom stereocenters. The summed E-state index contributed by atoms with van der Waals surface area (Å²) >= 11 is 1.52. The lowest BCUT2D eigenvalue weighted by Crippen LogP contribution is -2.09. The molecule has 1 aromatic heterocycles. The molecule has 104 valence electrons. The van der Waals surface area contributed by atoms with Gasteiger partial charge in [-0.05, 0) is 37.1 Å². The van der Waals surface area contributed by atoms with Crippen molar-refractivity contribution >= 4 is 22.9 Å². The van der Waals surface area contributed by atoms with Gasteiger partial charge in [0.2, 0.25) is 6.79 Å². The molecule has 1 aromatic carbocycles. The van der Waals surface area contributed by atoms with Crippen molar-refractivity contribution in [3.05, 3.63) is 39.6 Å². The summed E-state index contributed by atoms with van der Waals surface area (Å²) in [6.45, 7) is 4.37. The highest BCUT2D eigenvalue weighted by Crippen LogP contribution is 2.34. The fourth-order valence-electron chi connectivity index (χ4n) is 2.15. The first-order valence-corrected chi connectivity index (χ1v) is 7.29. The number of carbonyl (C=O) groups excluding carboxylic acids is 1. The summed E-state index contributed by atoms with van der Waals surface area (Å²) < 4.78 is 10.5. The second-order valence-electron chi connectivity index (χ2n) is 4.57. The van der Waals surface area contributed by atoms with Crippen molar-refractivity contribution in [3.8, 4) is 11.5 Å². The van der Waals surface area contributed by atoms with Gasteiger partial charge in [0.15, 0.2) is 11.5 Å². The van der Waals surface area contributed by atoms with E-state index in [1.807, 2.05) is 19.1 Å². The summed E-state index contributed by atoms with van der Waals surface area (Å²) in [7, 11) is 0. The molecule has 0 fully saturated rings. The van der Waals surface area contributed by atoms with E-state index >= 15 is 0 Å². The zero-order valence-corrected chi connectivity index (χ0v) is 12.2. The number of hydrogen-bond donors (Lipinski definition) is 1. The van der Waals surface area contributed by atoms with Crippen molar-refractivity contribution in [3.63, 3.8) is 0 Å². The number of hydrogen-bond acceptors (Lipinski definition) is 4. The van der Waals surface area contributed by atoms with Crippen LogP contribution in [0.5, 0.6) is 11.5 Å². The normalized spacial score (nSPS) is 12.5. The number of thiophene rings is 1. The molecule has 1 aliphatic heterocycles. The third-order valence-corrected chi connectivity index (χ3v) is 4.35. The van der Waals surface area contributed by atoms with Crippen LogP contribution in [0.4, 0.5) is 5.69 Å². The Morgan fingerprint density at radius 3 is 2.85 bits per heavy atom. The third kappa shape index (κ3) is 2.36.